The number of benzene rings is 1. The van der Waals surface area contributed by atoms with E-state index >= 15 is 0 Å². The van der Waals surface area contributed by atoms with Gasteiger partial charge >= 0.3 is 0 Å². The smallest absolute Gasteiger partial charge is 0.209 e. The van der Waals surface area contributed by atoms with Crippen LogP contribution in [0.3, 0.4) is 0 Å². The number of hydrogen-bond acceptors (Lipinski definition) is 5. The molecule has 5 nitrogen and oxygen atoms in total. The van der Waals surface area contributed by atoms with Crippen molar-refractivity contribution >= 4 is 40.1 Å². The second kappa shape index (κ2) is 9.33. The molecular formula is C12H17BrClN5S. The molecule has 0 saturated heterocycles. The van der Waals surface area contributed by atoms with Crippen LogP contribution in [0.25, 0.3) is 0 Å². The third-order valence-electron chi connectivity index (χ3n) is 2.55. The molecule has 0 saturated carbocycles. The van der Waals surface area contributed by atoms with E-state index in [0.717, 1.165) is 34.9 Å². The van der Waals surface area contributed by atoms with Gasteiger partial charge in [-0.1, -0.05) is 39.8 Å². The quantitative estimate of drug-likeness (QED) is 0.593. The molecule has 1 heterocycles. The third kappa shape index (κ3) is 5.78. The lowest BCUT2D eigenvalue weighted by molar-refractivity contribution is 0.661. The second-order valence-electron chi connectivity index (χ2n) is 4.09. The zero-order valence-electron chi connectivity index (χ0n) is 11.1. The van der Waals surface area contributed by atoms with E-state index in [0.29, 0.717) is 0 Å². The van der Waals surface area contributed by atoms with Crippen LogP contribution in [0.5, 0.6) is 0 Å². The first-order valence-corrected chi connectivity index (χ1v) is 7.84. The van der Waals surface area contributed by atoms with Gasteiger partial charge in [-0.15, -0.1) is 17.5 Å². The van der Waals surface area contributed by atoms with Crippen molar-refractivity contribution < 1.29 is 0 Å². The molecule has 110 valence electrons. The molecule has 0 unspecified atom stereocenters. The first kappa shape index (κ1) is 17.4. The lowest BCUT2D eigenvalue weighted by atomic mass is 10.2. The zero-order chi connectivity index (χ0) is 13.5. The Morgan fingerprint density at radius 2 is 2.05 bits per heavy atom. The summed E-state index contributed by atoms with van der Waals surface area (Å²) in [5.41, 5.74) is 1.30. The van der Waals surface area contributed by atoms with Gasteiger partial charge in [0.25, 0.3) is 0 Å². The Balaban J connectivity index is 0.00000200. The van der Waals surface area contributed by atoms with E-state index in [4.69, 9.17) is 0 Å². The Bertz CT molecular complexity index is 505. The van der Waals surface area contributed by atoms with E-state index in [1.807, 2.05) is 7.05 Å². The van der Waals surface area contributed by atoms with Crippen LogP contribution >= 0.6 is 40.1 Å². The molecule has 0 radical (unpaired) electrons. The van der Waals surface area contributed by atoms with Crippen molar-refractivity contribution in [1.29, 1.82) is 0 Å². The average molecular weight is 379 g/mol. The fraction of sp³-hybridized carbons (Fsp3) is 0.417. The fourth-order valence-electron chi connectivity index (χ4n) is 1.54. The fourth-order valence-corrected chi connectivity index (χ4v) is 2.59. The Morgan fingerprint density at radius 1 is 1.30 bits per heavy atom. The molecular weight excluding hydrogens is 362 g/mol. The molecule has 2 aromatic rings. The summed E-state index contributed by atoms with van der Waals surface area (Å²) in [4.78, 5) is 0. The van der Waals surface area contributed by atoms with Crippen LogP contribution in [0.2, 0.25) is 0 Å². The number of aryl methyl sites for hydroxylation is 1. The summed E-state index contributed by atoms with van der Waals surface area (Å²) in [5, 5.41) is 15.6. The lowest BCUT2D eigenvalue weighted by Gasteiger charge is -2.04. The SMILES string of the molecule is Cl.Cn1nnnc1SCCCNCc1ccc(Br)cc1. The van der Waals surface area contributed by atoms with E-state index in [-0.39, 0.29) is 12.4 Å². The molecule has 0 bridgehead atoms. The third-order valence-corrected chi connectivity index (χ3v) is 4.18. The highest BCUT2D eigenvalue weighted by atomic mass is 79.9. The number of aromatic nitrogens is 4. The maximum atomic E-state index is 3.93. The van der Waals surface area contributed by atoms with Gasteiger partial charge in [-0.2, -0.15) is 0 Å². The second-order valence-corrected chi connectivity index (χ2v) is 6.07. The topological polar surface area (TPSA) is 55.6 Å². The average Bonchev–Trinajstić information content (AvgIpc) is 2.81. The highest BCUT2D eigenvalue weighted by Crippen LogP contribution is 2.13. The first-order valence-electron chi connectivity index (χ1n) is 6.06. The molecule has 0 aliphatic heterocycles. The Labute approximate surface area is 137 Å². The van der Waals surface area contributed by atoms with E-state index in [1.165, 1.54) is 5.56 Å². The summed E-state index contributed by atoms with van der Waals surface area (Å²) < 4.78 is 2.81. The first-order chi connectivity index (χ1) is 9.25. The summed E-state index contributed by atoms with van der Waals surface area (Å²) in [7, 11) is 1.86. The summed E-state index contributed by atoms with van der Waals surface area (Å²) in [6, 6.07) is 8.37. The van der Waals surface area contributed by atoms with Gasteiger partial charge in [0.1, 0.15) is 0 Å². The highest BCUT2D eigenvalue weighted by molar-refractivity contribution is 9.10. The van der Waals surface area contributed by atoms with Gasteiger partial charge in [0, 0.05) is 23.8 Å². The molecule has 1 aromatic carbocycles. The van der Waals surface area contributed by atoms with Gasteiger partial charge in [-0.3, -0.25) is 0 Å². The molecule has 0 fully saturated rings. The van der Waals surface area contributed by atoms with Crippen LogP contribution < -0.4 is 5.32 Å². The number of nitrogens with one attached hydrogen (secondary N) is 1. The van der Waals surface area contributed by atoms with Crippen LogP contribution in [0, 0.1) is 0 Å². The van der Waals surface area contributed by atoms with Crippen molar-refractivity contribution in [2.45, 2.75) is 18.1 Å². The van der Waals surface area contributed by atoms with Crippen molar-refractivity contribution in [1.82, 2.24) is 25.5 Å². The van der Waals surface area contributed by atoms with Crippen LogP contribution in [0.1, 0.15) is 12.0 Å². The van der Waals surface area contributed by atoms with Gasteiger partial charge in [0.2, 0.25) is 5.16 Å². The zero-order valence-corrected chi connectivity index (χ0v) is 14.3. The van der Waals surface area contributed by atoms with Crippen LogP contribution in [-0.4, -0.2) is 32.5 Å². The van der Waals surface area contributed by atoms with Gasteiger partial charge in [0.15, 0.2) is 0 Å². The highest BCUT2D eigenvalue weighted by Gasteiger charge is 2.01. The molecule has 8 heteroatoms. The lowest BCUT2D eigenvalue weighted by Crippen LogP contribution is -2.15. The molecule has 0 amide bonds. The van der Waals surface area contributed by atoms with E-state index in [9.17, 15) is 0 Å². The number of hydrogen-bond donors (Lipinski definition) is 1. The normalized spacial score (nSPS) is 10.3. The van der Waals surface area contributed by atoms with E-state index in [1.54, 1.807) is 16.4 Å². The molecule has 20 heavy (non-hydrogen) atoms. The number of halogens is 2. The van der Waals surface area contributed by atoms with E-state index in [2.05, 4.69) is 61.0 Å². The van der Waals surface area contributed by atoms with E-state index < -0.39 is 0 Å². The minimum absolute atomic E-state index is 0. The van der Waals surface area contributed by atoms with Gasteiger partial charge < -0.3 is 5.32 Å². The predicted octanol–water partition coefficient (Wildman–Crippen LogP) is 2.67. The molecule has 0 aliphatic rings. The maximum absolute atomic E-state index is 3.93. The molecule has 0 atom stereocenters. The summed E-state index contributed by atoms with van der Waals surface area (Å²) in [6.45, 7) is 1.90. The van der Waals surface area contributed by atoms with Gasteiger partial charge in [-0.25, -0.2) is 4.68 Å². The number of tetrazole rings is 1. The molecule has 0 aliphatic carbocycles. The maximum Gasteiger partial charge on any atom is 0.209 e. The van der Waals surface area contributed by atoms with Crippen molar-refractivity contribution in [3.8, 4) is 0 Å². The van der Waals surface area contributed by atoms with Crippen molar-refractivity contribution in [3.63, 3.8) is 0 Å². The standard InChI is InChI=1S/C12H16BrN5S.ClH/c1-18-12(15-16-17-18)19-8-2-7-14-9-10-3-5-11(13)6-4-10;/h3-6,14H,2,7-9H2,1H3;1H. The monoisotopic (exact) mass is 377 g/mol. The van der Waals surface area contributed by atoms with Gasteiger partial charge in [-0.05, 0) is 41.1 Å². The van der Waals surface area contributed by atoms with Crippen molar-refractivity contribution in [3.05, 3.63) is 34.3 Å². The summed E-state index contributed by atoms with van der Waals surface area (Å²) >= 11 is 5.11. The Morgan fingerprint density at radius 3 is 2.70 bits per heavy atom. The van der Waals surface area contributed by atoms with Crippen LogP contribution in [-0.2, 0) is 13.6 Å². The van der Waals surface area contributed by atoms with Crippen LogP contribution in [0.4, 0.5) is 0 Å². The summed E-state index contributed by atoms with van der Waals surface area (Å²) in [5.74, 6) is 1.02. The number of rotatable bonds is 7. The van der Waals surface area contributed by atoms with Crippen LogP contribution in [0.15, 0.2) is 33.9 Å². The molecule has 0 spiro atoms. The Hall–Kier alpha value is -0.630. The minimum atomic E-state index is 0. The number of nitrogens with zero attached hydrogens (tertiary/aromatic N) is 4. The predicted molar refractivity (Wildman–Crippen MR) is 87.2 cm³/mol. The molecule has 1 N–H and O–H groups in total. The van der Waals surface area contributed by atoms with Gasteiger partial charge in [0.05, 0.1) is 0 Å². The Kier molecular flexibility index (Phi) is 8.13. The number of thioether (sulfide) groups is 1. The minimum Gasteiger partial charge on any atom is -0.313 e. The van der Waals surface area contributed by atoms with Crippen molar-refractivity contribution in [2.24, 2.45) is 7.05 Å². The molecule has 1 aromatic heterocycles. The van der Waals surface area contributed by atoms with Crippen molar-refractivity contribution in [2.75, 3.05) is 12.3 Å². The molecule has 2 rings (SSSR count). The summed E-state index contributed by atoms with van der Waals surface area (Å²) in [6.07, 6.45) is 1.09. The largest absolute Gasteiger partial charge is 0.313 e.